The van der Waals surface area contributed by atoms with Crippen molar-refractivity contribution < 1.29 is 0 Å². The number of rotatable bonds is 0. The van der Waals surface area contributed by atoms with Crippen LogP contribution in [0.3, 0.4) is 0 Å². The van der Waals surface area contributed by atoms with Crippen molar-refractivity contribution in [2.75, 3.05) is 0 Å². The van der Waals surface area contributed by atoms with Crippen LogP contribution in [0, 0.1) is 6.92 Å². The first-order valence-electron chi connectivity index (χ1n) is 1.74. The minimum absolute atomic E-state index is 0.639. The van der Waals surface area contributed by atoms with E-state index in [-0.39, 0.29) is 0 Å². The minimum atomic E-state index is -0.639. The van der Waals surface area contributed by atoms with Gasteiger partial charge in [0.1, 0.15) is 0 Å². The van der Waals surface area contributed by atoms with Crippen LogP contribution in [0.4, 0.5) is 0 Å². The molecule has 0 fully saturated rings. The van der Waals surface area contributed by atoms with E-state index >= 15 is 0 Å². The molecule has 0 atom stereocenters. The molecule has 0 N–H and O–H groups in total. The quantitative estimate of drug-likeness (QED) is 0.450. The molecule has 0 aliphatic rings. The molecule has 0 unspecified atom stereocenters. The van der Waals surface area contributed by atoms with E-state index in [1.54, 1.807) is 0 Å². The highest BCUT2D eigenvalue weighted by molar-refractivity contribution is 7.22. The molecular formula is C3H7Cl2Mg. The first-order chi connectivity index (χ1) is 2.83. The summed E-state index contributed by atoms with van der Waals surface area (Å²) >= 11 is -0.639. The Hall–Kier alpha value is 1.35. The van der Waals surface area contributed by atoms with Crippen molar-refractivity contribution in [3.8, 4) is 0 Å². The second-order valence-corrected chi connectivity index (χ2v) is 3.23. The number of hydrogen-bond donors (Lipinski definition) is 0. The fourth-order valence-corrected chi connectivity index (χ4v) is 0. The van der Waals surface area contributed by atoms with E-state index in [0.717, 1.165) is 6.42 Å². The van der Waals surface area contributed by atoms with Crippen LogP contribution in [0.5, 0.6) is 0 Å². The Morgan fingerprint density at radius 3 is 1.67 bits per heavy atom. The molecule has 0 aromatic heterocycles. The van der Waals surface area contributed by atoms with E-state index in [2.05, 4.69) is 6.92 Å². The first-order valence-corrected chi connectivity index (χ1v) is 6.02. The summed E-state index contributed by atoms with van der Waals surface area (Å²) < 4.78 is 0. The molecule has 0 bridgehead atoms. The summed E-state index contributed by atoms with van der Waals surface area (Å²) in [5, 5.41) is 0. The van der Waals surface area contributed by atoms with Crippen LogP contribution in [0.1, 0.15) is 13.3 Å². The van der Waals surface area contributed by atoms with E-state index in [0.29, 0.717) is 0 Å². The van der Waals surface area contributed by atoms with Crippen molar-refractivity contribution in [1.82, 2.24) is 0 Å². The zero-order valence-corrected chi connectivity index (χ0v) is 6.80. The van der Waals surface area contributed by atoms with Crippen LogP contribution in [-0.4, -0.2) is 18.2 Å². The Kier molecular flexibility index (Phi) is 27.9. The van der Waals surface area contributed by atoms with Gasteiger partial charge in [0.15, 0.2) is 0 Å². The van der Waals surface area contributed by atoms with Crippen molar-refractivity contribution >= 4 is 36.3 Å². The highest BCUT2D eigenvalue weighted by Gasteiger charge is 1.64. The standard InChI is InChI=1S/C3H7.2ClH.Mg/c1-3-2;;;/h1,3H2,2H3;2*1H;/q;;;+2/p-2. The van der Waals surface area contributed by atoms with Gasteiger partial charge < -0.3 is 18.1 Å². The van der Waals surface area contributed by atoms with Crippen LogP contribution in [0.15, 0.2) is 0 Å². The van der Waals surface area contributed by atoms with Gasteiger partial charge >= 0.3 is 18.2 Å². The van der Waals surface area contributed by atoms with Gasteiger partial charge in [0, 0.05) is 0 Å². The second kappa shape index (κ2) is 16.2. The SMILES string of the molecule is [CH2]CC.[Cl][Mg][Cl]. The van der Waals surface area contributed by atoms with Crippen LogP contribution >= 0.6 is 18.1 Å². The molecule has 0 rings (SSSR count). The second-order valence-electron chi connectivity index (χ2n) is 0.601. The number of hydrogen-bond acceptors (Lipinski definition) is 0. The summed E-state index contributed by atoms with van der Waals surface area (Å²) in [7, 11) is 9.81. The third-order valence-electron chi connectivity index (χ3n) is 0. The summed E-state index contributed by atoms with van der Waals surface area (Å²) in [5.74, 6) is 0. The van der Waals surface area contributed by atoms with Crippen LogP contribution in [0.25, 0.3) is 0 Å². The highest BCUT2D eigenvalue weighted by Crippen LogP contribution is 1.67. The molecule has 0 heterocycles. The topological polar surface area (TPSA) is 0 Å². The van der Waals surface area contributed by atoms with Crippen molar-refractivity contribution in [1.29, 1.82) is 0 Å². The largest absolute Gasteiger partial charge is 0.618 e. The van der Waals surface area contributed by atoms with Gasteiger partial charge in [-0.1, -0.05) is 20.3 Å². The van der Waals surface area contributed by atoms with Gasteiger partial charge in [-0.25, -0.2) is 0 Å². The number of halogens is 2. The van der Waals surface area contributed by atoms with Gasteiger partial charge in [-0.3, -0.25) is 0 Å². The van der Waals surface area contributed by atoms with Crippen molar-refractivity contribution in [3.63, 3.8) is 0 Å². The summed E-state index contributed by atoms with van der Waals surface area (Å²) in [6.07, 6.45) is 1.00. The minimum Gasteiger partial charge on any atom is -0.309 e. The molecule has 0 amide bonds. The molecule has 0 aliphatic carbocycles. The predicted molar refractivity (Wildman–Crippen MR) is 33.1 cm³/mol. The Morgan fingerprint density at radius 1 is 1.67 bits per heavy atom. The molecule has 0 spiro atoms. The zero-order valence-electron chi connectivity index (χ0n) is 3.88. The molecule has 0 saturated heterocycles. The maximum atomic E-state index is 4.90. The lowest BCUT2D eigenvalue weighted by molar-refractivity contribution is 1.23. The predicted octanol–water partition coefficient (Wildman–Crippen LogP) is 2.23. The summed E-state index contributed by atoms with van der Waals surface area (Å²) in [4.78, 5) is 0. The van der Waals surface area contributed by atoms with Crippen molar-refractivity contribution in [3.05, 3.63) is 6.92 Å². The van der Waals surface area contributed by atoms with Gasteiger partial charge in [0.2, 0.25) is 0 Å². The van der Waals surface area contributed by atoms with E-state index in [1.165, 1.54) is 0 Å². The molecule has 0 aromatic carbocycles. The maximum Gasteiger partial charge on any atom is 0.618 e. The maximum absolute atomic E-state index is 4.90. The molecular weight excluding hydrogens is 131 g/mol. The third-order valence-corrected chi connectivity index (χ3v) is 0. The monoisotopic (exact) mass is 137 g/mol. The normalized spacial score (nSPS) is 4.67. The molecule has 3 heteroatoms. The lowest BCUT2D eigenvalue weighted by Crippen LogP contribution is -1.36. The van der Waals surface area contributed by atoms with E-state index in [1.807, 2.05) is 6.92 Å². The van der Waals surface area contributed by atoms with E-state index in [9.17, 15) is 0 Å². The first kappa shape index (κ1) is 10.4. The van der Waals surface area contributed by atoms with E-state index < -0.39 is 18.2 Å². The van der Waals surface area contributed by atoms with Gasteiger partial charge in [-0.05, 0) is 0 Å². The van der Waals surface area contributed by atoms with Gasteiger partial charge in [0.25, 0.3) is 0 Å². The third kappa shape index (κ3) is 55.7. The highest BCUT2D eigenvalue weighted by atomic mass is 35.6. The van der Waals surface area contributed by atoms with E-state index in [4.69, 9.17) is 18.1 Å². The zero-order chi connectivity index (χ0) is 5.41. The molecule has 6 heavy (non-hydrogen) atoms. The summed E-state index contributed by atoms with van der Waals surface area (Å²) in [6.45, 7) is 5.50. The molecule has 1 radical (unpaired) electrons. The molecule has 0 saturated carbocycles. The molecule has 0 aromatic rings. The Balaban J connectivity index is 0. The fourth-order valence-electron chi connectivity index (χ4n) is 0. The molecule has 35 valence electrons. The molecule has 0 nitrogen and oxygen atoms in total. The molecule has 0 aliphatic heterocycles. The Bertz CT molecular complexity index is 10.8. The average Bonchev–Trinajstić information content (AvgIpc) is 1.39. The lowest BCUT2D eigenvalue weighted by Gasteiger charge is -1.47. The smallest absolute Gasteiger partial charge is 0.309 e. The van der Waals surface area contributed by atoms with Crippen molar-refractivity contribution in [2.45, 2.75) is 13.3 Å². The Labute approximate surface area is 56.5 Å². The fraction of sp³-hybridized carbons (Fsp3) is 0.667. The summed E-state index contributed by atoms with van der Waals surface area (Å²) in [6, 6.07) is 0. The van der Waals surface area contributed by atoms with Crippen LogP contribution in [-0.2, 0) is 0 Å². The lowest BCUT2D eigenvalue weighted by atomic mass is 10.6. The van der Waals surface area contributed by atoms with Gasteiger partial charge in [-0.15, -0.1) is 0 Å². The van der Waals surface area contributed by atoms with Gasteiger partial charge in [0.05, 0.1) is 0 Å². The van der Waals surface area contributed by atoms with Crippen LogP contribution in [0.2, 0.25) is 0 Å². The Morgan fingerprint density at radius 2 is 1.67 bits per heavy atom. The van der Waals surface area contributed by atoms with Crippen molar-refractivity contribution in [2.24, 2.45) is 0 Å². The summed E-state index contributed by atoms with van der Waals surface area (Å²) in [5.41, 5.74) is 0. The average molecular weight is 138 g/mol. The van der Waals surface area contributed by atoms with Crippen LogP contribution < -0.4 is 0 Å². The van der Waals surface area contributed by atoms with Gasteiger partial charge in [-0.2, -0.15) is 0 Å².